The monoisotopic (exact) mass is 365 g/mol. The third-order valence-electron chi connectivity index (χ3n) is 4.60. The molecule has 2 amide bonds. The summed E-state index contributed by atoms with van der Waals surface area (Å²) < 4.78 is 0. The van der Waals surface area contributed by atoms with Gasteiger partial charge in [-0.3, -0.25) is 9.59 Å². The van der Waals surface area contributed by atoms with E-state index in [2.05, 4.69) is 16.0 Å². The number of hydrogen-bond acceptors (Lipinski definition) is 3. The van der Waals surface area contributed by atoms with Crippen LogP contribution in [0.15, 0.2) is 24.3 Å². The van der Waals surface area contributed by atoms with E-state index in [4.69, 9.17) is 11.6 Å². The minimum atomic E-state index is -0.576. The molecule has 25 heavy (non-hydrogen) atoms. The predicted molar refractivity (Wildman–Crippen MR) is 101 cm³/mol. The van der Waals surface area contributed by atoms with Gasteiger partial charge in [0.15, 0.2) is 0 Å². The van der Waals surface area contributed by atoms with Crippen LogP contribution in [-0.4, -0.2) is 37.5 Å². The van der Waals surface area contributed by atoms with Crippen LogP contribution in [-0.2, 0) is 4.79 Å². The summed E-state index contributed by atoms with van der Waals surface area (Å²) in [6.45, 7) is 6.58. The van der Waals surface area contributed by atoms with E-state index in [1.54, 1.807) is 24.3 Å². The van der Waals surface area contributed by atoms with Crippen molar-refractivity contribution >= 4 is 23.4 Å². The lowest BCUT2D eigenvalue weighted by Gasteiger charge is -2.24. The highest BCUT2D eigenvalue weighted by Crippen LogP contribution is 2.16. The number of piperidine rings is 1. The van der Waals surface area contributed by atoms with Crippen LogP contribution in [0.25, 0.3) is 0 Å². The number of hydrogen-bond donors (Lipinski definition) is 3. The lowest BCUT2D eigenvalue weighted by atomic mass is 9.96. The maximum atomic E-state index is 12.5. The largest absolute Gasteiger partial charge is 0.354 e. The van der Waals surface area contributed by atoms with Crippen LogP contribution in [0.3, 0.4) is 0 Å². The molecule has 1 aliphatic heterocycles. The highest BCUT2D eigenvalue weighted by Gasteiger charge is 2.25. The van der Waals surface area contributed by atoms with Gasteiger partial charge in [-0.05, 0) is 56.3 Å². The molecule has 2 unspecified atom stereocenters. The van der Waals surface area contributed by atoms with Gasteiger partial charge in [-0.25, -0.2) is 0 Å². The van der Waals surface area contributed by atoms with Crippen LogP contribution in [0.2, 0.25) is 5.02 Å². The summed E-state index contributed by atoms with van der Waals surface area (Å²) >= 11 is 6.06. The zero-order chi connectivity index (χ0) is 18.2. The Hall–Kier alpha value is -1.59. The fourth-order valence-corrected chi connectivity index (χ4v) is 3.30. The first-order valence-corrected chi connectivity index (χ1v) is 9.40. The van der Waals surface area contributed by atoms with Crippen molar-refractivity contribution < 1.29 is 9.59 Å². The molecule has 5 nitrogen and oxygen atoms in total. The molecule has 3 N–H and O–H groups in total. The first kappa shape index (κ1) is 19.7. The van der Waals surface area contributed by atoms with Crippen LogP contribution < -0.4 is 16.0 Å². The van der Waals surface area contributed by atoms with Gasteiger partial charge < -0.3 is 16.0 Å². The summed E-state index contributed by atoms with van der Waals surface area (Å²) in [6, 6.07) is 6.27. The van der Waals surface area contributed by atoms with E-state index in [1.807, 2.05) is 13.8 Å². The van der Waals surface area contributed by atoms with Gasteiger partial charge in [0.25, 0.3) is 5.91 Å². The maximum absolute atomic E-state index is 12.5. The quantitative estimate of drug-likeness (QED) is 0.695. The van der Waals surface area contributed by atoms with Crippen LogP contribution in [0.5, 0.6) is 0 Å². The van der Waals surface area contributed by atoms with Gasteiger partial charge >= 0.3 is 0 Å². The summed E-state index contributed by atoms with van der Waals surface area (Å²) in [5, 5.41) is 9.55. The standard InChI is InChI=1S/C19H28ClN3O2/c1-13(2)17(23-18(24)15-7-3-4-8-16(15)20)19(25)22-11-9-14-6-5-10-21-12-14/h3-4,7-8,13-14,17,21H,5-6,9-12H2,1-2H3,(H,22,25)(H,23,24). The Bertz CT molecular complexity index is 586. The number of benzene rings is 1. The zero-order valence-electron chi connectivity index (χ0n) is 15.0. The van der Waals surface area contributed by atoms with Gasteiger partial charge in [-0.2, -0.15) is 0 Å². The molecule has 0 radical (unpaired) electrons. The number of carbonyl (C=O) groups is 2. The molecule has 1 saturated heterocycles. The van der Waals surface area contributed by atoms with Gasteiger partial charge in [-0.1, -0.05) is 37.6 Å². The van der Waals surface area contributed by atoms with Crippen molar-refractivity contribution in [2.24, 2.45) is 11.8 Å². The molecule has 1 heterocycles. The molecule has 0 bridgehead atoms. The Morgan fingerprint density at radius 2 is 2.08 bits per heavy atom. The lowest BCUT2D eigenvalue weighted by molar-refractivity contribution is -0.124. The zero-order valence-corrected chi connectivity index (χ0v) is 15.7. The summed E-state index contributed by atoms with van der Waals surface area (Å²) in [4.78, 5) is 24.9. The van der Waals surface area contributed by atoms with Gasteiger partial charge in [0, 0.05) is 6.54 Å². The summed E-state index contributed by atoms with van der Waals surface area (Å²) in [7, 11) is 0. The van der Waals surface area contributed by atoms with E-state index in [-0.39, 0.29) is 17.7 Å². The molecule has 1 aromatic rings. The number of nitrogens with one attached hydrogen (secondary N) is 3. The number of amides is 2. The molecule has 0 aliphatic carbocycles. The van der Waals surface area contributed by atoms with Crippen molar-refractivity contribution in [3.8, 4) is 0 Å². The van der Waals surface area contributed by atoms with Crippen molar-refractivity contribution in [1.82, 2.24) is 16.0 Å². The fraction of sp³-hybridized carbons (Fsp3) is 0.579. The van der Waals surface area contributed by atoms with E-state index in [0.717, 1.165) is 19.5 Å². The molecule has 1 fully saturated rings. The minimum absolute atomic E-state index is 0.0113. The number of halogens is 1. The van der Waals surface area contributed by atoms with E-state index < -0.39 is 6.04 Å². The Balaban J connectivity index is 1.87. The molecular weight excluding hydrogens is 338 g/mol. The minimum Gasteiger partial charge on any atom is -0.354 e. The molecule has 0 spiro atoms. The molecule has 6 heteroatoms. The molecule has 0 aromatic heterocycles. The van der Waals surface area contributed by atoms with Crippen LogP contribution in [0.4, 0.5) is 0 Å². The Labute approximate surface area is 154 Å². The van der Waals surface area contributed by atoms with Crippen molar-refractivity contribution in [1.29, 1.82) is 0 Å². The van der Waals surface area contributed by atoms with E-state index in [1.165, 1.54) is 12.8 Å². The van der Waals surface area contributed by atoms with E-state index >= 15 is 0 Å². The van der Waals surface area contributed by atoms with Gasteiger partial charge in [0.1, 0.15) is 6.04 Å². The third-order valence-corrected chi connectivity index (χ3v) is 4.93. The van der Waals surface area contributed by atoms with Crippen LogP contribution in [0.1, 0.15) is 43.5 Å². The third kappa shape index (κ3) is 6.01. The second-order valence-electron chi connectivity index (χ2n) is 6.97. The molecule has 2 atom stereocenters. The first-order chi connectivity index (χ1) is 12.0. The maximum Gasteiger partial charge on any atom is 0.253 e. The molecule has 138 valence electrons. The normalized spacial score (nSPS) is 18.6. The van der Waals surface area contributed by atoms with Crippen molar-refractivity contribution in [2.75, 3.05) is 19.6 Å². The molecule has 1 aliphatic rings. The second-order valence-corrected chi connectivity index (χ2v) is 7.37. The smallest absolute Gasteiger partial charge is 0.253 e. The summed E-state index contributed by atoms with van der Waals surface area (Å²) in [5.41, 5.74) is 0.385. The SMILES string of the molecule is CC(C)C(NC(=O)c1ccccc1Cl)C(=O)NCCC1CCCNC1. The highest BCUT2D eigenvalue weighted by atomic mass is 35.5. The Morgan fingerprint density at radius 1 is 1.32 bits per heavy atom. The first-order valence-electron chi connectivity index (χ1n) is 9.03. The average Bonchev–Trinajstić information content (AvgIpc) is 2.60. The van der Waals surface area contributed by atoms with Crippen LogP contribution in [0, 0.1) is 11.8 Å². The van der Waals surface area contributed by atoms with Crippen molar-refractivity contribution in [2.45, 2.75) is 39.2 Å². The highest BCUT2D eigenvalue weighted by molar-refractivity contribution is 6.33. The second kappa shape index (κ2) is 9.78. The van der Waals surface area contributed by atoms with E-state index in [0.29, 0.717) is 23.0 Å². The Morgan fingerprint density at radius 3 is 2.72 bits per heavy atom. The van der Waals surface area contributed by atoms with Crippen molar-refractivity contribution in [3.05, 3.63) is 34.9 Å². The summed E-state index contributed by atoms with van der Waals surface area (Å²) in [6.07, 6.45) is 3.36. The Kier molecular flexibility index (Phi) is 7.72. The topological polar surface area (TPSA) is 70.2 Å². The predicted octanol–water partition coefficient (Wildman–Crippen LogP) is 2.60. The number of rotatable bonds is 7. The summed E-state index contributed by atoms with van der Waals surface area (Å²) in [5.74, 6) is 0.141. The fourth-order valence-electron chi connectivity index (χ4n) is 3.08. The molecule has 1 aromatic carbocycles. The molecular formula is C19H28ClN3O2. The van der Waals surface area contributed by atoms with Gasteiger partial charge in [0.2, 0.25) is 5.91 Å². The molecule has 2 rings (SSSR count). The average molecular weight is 366 g/mol. The van der Waals surface area contributed by atoms with Gasteiger partial charge in [0.05, 0.1) is 10.6 Å². The van der Waals surface area contributed by atoms with Crippen molar-refractivity contribution in [3.63, 3.8) is 0 Å². The van der Waals surface area contributed by atoms with Gasteiger partial charge in [-0.15, -0.1) is 0 Å². The van der Waals surface area contributed by atoms with Crippen LogP contribution >= 0.6 is 11.6 Å². The number of carbonyl (C=O) groups excluding carboxylic acids is 2. The van der Waals surface area contributed by atoms with E-state index in [9.17, 15) is 9.59 Å². The molecule has 0 saturated carbocycles. The lowest BCUT2D eigenvalue weighted by Crippen LogP contribution is -2.50.